The predicted molar refractivity (Wildman–Crippen MR) is 227 cm³/mol. The fraction of sp³-hybridized carbons (Fsp3) is 0. The van der Waals surface area contributed by atoms with Crippen LogP contribution < -0.4 is 0 Å². The minimum atomic E-state index is 0.650. The monoisotopic (exact) mass is 717 g/mol. The zero-order valence-corrected chi connectivity index (χ0v) is 30.1. The summed E-state index contributed by atoms with van der Waals surface area (Å²) < 4.78 is 12.8. The Labute approximate surface area is 322 Å². The lowest BCUT2D eigenvalue weighted by Gasteiger charge is -2.15. The standard InChI is InChI=1S/C51H31N3O2/c1-2-13-32(14-3-1)51-53-43(30-44(54-51)40-17-5-4-16-37(40)33-15-12-26-52-31-33)36-28-34(38-20-10-24-47-49(38)41-18-6-8-22-45(41)55-47)27-35(29-36)39-21-11-25-48-50(39)42-19-7-9-23-46(42)56-48/h1-31H. The summed E-state index contributed by atoms with van der Waals surface area (Å²) in [4.78, 5) is 15.0. The Balaban J connectivity index is 1.21. The lowest BCUT2D eigenvalue weighted by molar-refractivity contribution is 0.668. The van der Waals surface area contributed by atoms with Crippen molar-refractivity contribution in [3.05, 3.63) is 188 Å². The highest BCUT2D eigenvalue weighted by atomic mass is 16.3. The molecule has 7 aromatic carbocycles. The number of benzene rings is 7. The Morgan fingerprint density at radius 3 is 1.50 bits per heavy atom. The number of rotatable bonds is 6. The minimum absolute atomic E-state index is 0.650. The summed E-state index contributed by atoms with van der Waals surface area (Å²) in [6, 6.07) is 60.6. The summed E-state index contributed by atoms with van der Waals surface area (Å²) in [5.41, 5.74) is 14.3. The molecule has 5 heteroatoms. The molecule has 0 amide bonds. The van der Waals surface area contributed by atoms with Crippen LogP contribution in [0.2, 0.25) is 0 Å². The molecule has 0 aliphatic heterocycles. The fourth-order valence-corrected chi connectivity index (χ4v) is 8.05. The highest BCUT2D eigenvalue weighted by molar-refractivity contribution is 6.15. The molecule has 0 saturated carbocycles. The molecule has 0 N–H and O–H groups in total. The third-order valence-electron chi connectivity index (χ3n) is 10.6. The van der Waals surface area contributed by atoms with Gasteiger partial charge in [-0.15, -0.1) is 0 Å². The van der Waals surface area contributed by atoms with Gasteiger partial charge in [0.25, 0.3) is 0 Å². The summed E-state index contributed by atoms with van der Waals surface area (Å²) in [6.07, 6.45) is 3.70. The molecule has 0 bridgehead atoms. The van der Waals surface area contributed by atoms with Crippen LogP contribution in [0.1, 0.15) is 0 Å². The fourth-order valence-electron chi connectivity index (χ4n) is 8.05. The Morgan fingerprint density at radius 1 is 0.339 bits per heavy atom. The van der Waals surface area contributed by atoms with E-state index in [9.17, 15) is 0 Å². The maximum Gasteiger partial charge on any atom is 0.160 e. The molecular weight excluding hydrogens is 687 g/mol. The van der Waals surface area contributed by atoms with Crippen molar-refractivity contribution in [3.63, 3.8) is 0 Å². The van der Waals surface area contributed by atoms with Gasteiger partial charge < -0.3 is 8.83 Å². The molecule has 0 aliphatic carbocycles. The van der Waals surface area contributed by atoms with Crippen molar-refractivity contribution < 1.29 is 8.83 Å². The van der Waals surface area contributed by atoms with E-state index < -0.39 is 0 Å². The van der Waals surface area contributed by atoms with Gasteiger partial charge in [0.15, 0.2) is 5.82 Å². The number of pyridine rings is 1. The number of para-hydroxylation sites is 2. The van der Waals surface area contributed by atoms with Gasteiger partial charge in [0, 0.05) is 56.2 Å². The van der Waals surface area contributed by atoms with Crippen molar-refractivity contribution in [2.45, 2.75) is 0 Å². The summed E-state index contributed by atoms with van der Waals surface area (Å²) in [6.45, 7) is 0. The van der Waals surface area contributed by atoms with Crippen molar-refractivity contribution in [2.75, 3.05) is 0 Å². The smallest absolute Gasteiger partial charge is 0.160 e. The van der Waals surface area contributed by atoms with Gasteiger partial charge in [0.1, 0.15) is 22.3 Å². The first-order chi connectivity index (χ1) is 27.7. The van der Waals surface area contributed by atoms with E-state index >= 15 is 0 Å². The van der Waals surface area contributed by atoms with Gasteiger partial charge in [0.05, 0.1) is 11.4 Å². The van der Waals surface area contributed by atoms with Crippen LogP contribution in [-0.4, -0.2) is 15.0 Å². The second-order valence-electron chi connectivity index (χ2n) is 14.0. The second kappa shape index (κ2) is 13.0. The summed E-state index contributed by atoms with van der Waals surface area (Å²) in [5, 5.41) is 4.32. The van der Waals surface area contributed by atoms with E-state index in [-0.39, 0.29) is 0 Å². The molecule has 56 heavy (non-hydrogen) atoms. The zero-order chi connectivity index (χ0) is 37.0. The Morgan fingerprint density at radius 2 is 0.857 bits per heavy atom. The molecule has 0 unspecified atom stereocenters. The summed E-state index contributed by atoms with van der Waals surface area (Å²) >= 11 is 0. The average molecular weight is 718 g/mol. The quantitative estimate of drug-likeness (QED) is 0.171. The third kappa shape index (κ3) is 5.37. The molecule has 0 radical (unpaired) electrons. The van der Waals surface area contributed by atoms with Gasteiger partial charge in [-0.2, -0.15) is 0 Å². The van der Waals surface area contributed by atoms with Gasteiger partial charge >= 0.3 is 0 Å². The molecule has 11 rings (SSSR count). The summed E-state index contributed by atoms with van der Waals surface area (Å²) in [7, 11) is 0. The van der Waals surface area contributed by atoms with E-state index in [0.717, 1.165) is 105 Å². The number of hydrogen-bond donors (Lipinski definition) is 0. The second-order valence-corrected chi connectivity index (χ2v) is 14.0. The Kier molecular flexibility index (Phi) is 7.42. The van der Waals surface area contributed by atoms with Crippen molar-refractivity contribution in [1.29, 1.82) is 0 Å². The minimum Gasteiger partial charge on any atom is -0.456 e. The normalized spacial score (nSPS) is 11.6. The lowest BCUT2D eigenvalue weighted by Crippen LogP contribution is -1.97. The number of nitrogens with zero attached hydrogens (tertiary/aromatic N) is 3. The van der Waals surface area contributed by atoms with Crippen LogP contribution in [0.15, 0.2) is 197 Å². The van der Waals surface area contributed by atoms with Crippen LogP contribution in [0.3, 0.4) is 0 Å². The Bertz CT molecular complexity index is 3120. The van der Waals surface area contributed by atoms with E-state index in [1.54, 1.807) is 6.20 Å². The first-order valence-corrected chi connectivity index (χ1v) is 18.7. The first kappa shape index (κ1) is 31.9. The van der Waals surface area contributed by atoms with E-state index in [1.807, 2.05) is 66.9 Å². The number of furan rings is 2. The summed E-state index contributed by atoms with van der Waals surface area (Å²) in [5.74, 6) is 0.650. The van der Waals surface area contributed by atoms with E-state index in [2.05, 4.69) is 120 Å². The molecule has 0 fully saturated rings. The largest absolute Gasteiger partial charge is 0.456 e. The SMILES string of the molecule is c1ccc(-c2nc(-c3cc(-c4cccc5oc6ccccc6c45)cc(-c4cccc5oc6ccccc6c45)c3)cc(-c3ccccc3-c3cccnc3)n2)cc1. The molecule has 5 nitrogen and oxygen atoms in total. The van der Waals surface area contributed by atoms with Crippen LogP contribution in [-0.2, 0) is 0 Å². The number of aromatic nitrogens is 3. The Hall–Kier alpha value is -7.63. The van der Waals surface area contributed by atoms with Crippen molar-refractivity contribution >= 4 is 43.9 Å². The van der Waals surface area contributed by atoms with Gasteiger partial charge in [-0.05, 0) is 82.4 Å². The molecule has 0 spiro atoms. The van der Waals surface area contributed by atoms with Crippen LogP contribution in [0.5, 0.6) is 0 Å². The van der Waals surface area contributed by atoms with Crippen LogP contribution in [0, 0.1) is 0 Å². The molecule has 4 heterocycles. The molecule has 0 saturated heterocycles. The number of fused-ring (bicyclic) bond motifs is 6. The highest BCUT2D eigenvalue weighted by Gasteiger charge is 2.20. The van der Waals surface area contributed by atoms with E-state index in [4.69, 9.17) is 18.8 Å². The molecule has 0 aliphatic rings. The third-order valence-corrected chi connectivity index (χ3v) is 10.6. The van der Waals surface area contributed by atoms with Crippen LogP contribution >= 0.6 is 0 Å². The van der Waals surface area contributed by atoms with Gasteiger partial charge in [-0.3, -0.25) is 4.98 Å². The number of hydrogen-bond acceptors (Lipinski definition) is 5. The molecular formula is C51H31N3O2. The average Bonchev–Trinajstić information content (AvgIpc) is 3.85. The van der Waals surface area contributed by atoms with Gasteiger partial charge in [-0.1, -0.05) is 121 Å². The topological polar surface area (TPSA) is 65.0 Å². The molecule has 262 valence electrons. The van der Waals surface area contributed by atoms with E-state index in [1.165, 1.54) is 0 Å². The van der Waals surface area contributed by atoms with Gasteiger partial charge in [-0.25, -0.2) is 9.97 Å². The maximum atomic E-state index is 6.38. The van der Waals surface area contributed by atoms with E-state index in [0.29, 0.717) is 5.82 Å². The van der Waals surface area contributed by atoms with Crippen LogP contribution in [0.25, 0.3) is 111 Å². The van der Waals surface area contributed by atoms with Gasteiger partial charge in [0.2, 0.25) is 0 Å². The van der Waals surface area contributed by atoms with Crippen molar-refractivity contribution in [3.8, 4) is 67.3 Å². The maximum absolute atomic E-state index is 6.38. The lowest BCUT2D eigenvalue weighted by atomic mass is 9.91. The van der Waals surface area contributed by atoms with Crippen LogP contribution in [0.4, 0.5) is 0 Å². The molecule has 4 aromatic heterocycles. The van der Waals surface area contributed by atoms with Crippen molar-refractivity contribution in [2.24, 2.45) is 0 Å². The predicted octanol–water partition coefficient (Wildman–Crippen LogP) is 13.7. The highest BCUT2D eigenvalue weighted by Crippen LogP contribution is 2.43. The van der Waals surface area contributed by atoms with Crippen molar-refractivity contribution in [1.82, 2.24) is 15.0 Å². The first-order valence-electron chi connectivity index (χ1n) is 18.7. The molecule has 11 aromatic rings. The zero-order valence-electron chi connectivity index (χ0n) is 30.1. The molecule has 0 atom stereocenters.